The number of carbonyl (C=O) groups is 2. The van der Waals surface area contributed by atoms with Crippen molar-refractivity contribution in [3.05, 3.63) is 95.6 Å². The zero-order valence-corrected chi connectivity index (χ0v) is 19.0. The largest absolute Gasteiger partial charge is 0.497 e. The first kappa shape index (κ1) is 23.6. The van der Waals surface area contributed by atoms with Crippen LogP contribution in [0.15, 0.2) is 77.3 Å². The Kier molecular flexibility index (Phi) is 7.47. The Hall–Kier alpha value is -4.53. The predicted octanol–water partition coefficient (Wildman–Crippen LogP) is 4.39. The van der Waals surface area contributed by atoms with Crippen molar-refractivity contribution in [2.45, 2.75) is 19.4 Å². The maximum Gasteiger partial charge on any atom is 0.255 e. The van der Waals surface area contributed by atoms with Crippen molar-refractivity contribution in [1.82, 2.24) is 15.5 Å². The summed E-state index contributed by atoms with van der Waals surface area (Å²) in [6, 6.07) is 19.7. The van der Waals surface area contributed by atoms with Gasteiger partial charge in [0, 0.05) is 36.2 Å². The number of ether oxygens (including phenoxy) is 1. The number of nitrogens with one attached hydrogen (secondary N) is 2. The minimum atomic E-state index is -0.406. The molecule has 8 nitrogen and oxygen atoms in total. The third-order valence-electron chi connectivity index (χ3n) is 5.16. The maximum absolute atomic E-state index is 13.0. The molecule has 3 aromatic carbocycles. The van der Waals surface area contributed by atoms with Gasteiger partial charge in [-0.1, -0.05) is 17.3 Å². The molecule has 178 valence electrons. The van der Waals surface area contributed by atoms with E-state index in [0.717, 1.165) is 16.9 Å². The quantitative estimate of drug-likeness (QED) is 0.373. The lowest BCUT2D eigenvalue weighted by Crippen LogP contribution is -2.23. The molecule has 0 unspecified atom stereocenters. The fourth-order valence-corrected chi connectivity index (χ4v) is 3.29. The number of amides is 2. The van der Waals surface area contributed by atoms with Crippen LogP contribution < -0.4 is 15.4 Å². The Balaban J connectivity index is 1.25. The average Bonchev–Trinajstić information content (AvgIpc) is 3.36. The van der Waals surface area contributed by atoms with Gasteiger partial charge < -0.3 is 19.9 Å². The molecule has 2 N–H and O–H groups in total. The van der Waals surface area contributed by atoms with Gasteiger partial charge in [-0.05, 0) is 66.2 Å². The van der Waals surface area contributed by atoms with E-state index < -0.39 is 5.82 Å². The van der Waals surface area contributed by atoms with Crippen LogP contribution in [0.1, 0.15) is 28.2 Å². The highest BCUT2D eigenvalue weighted by Crippen LogP contribution is 2.20. The lowest BCUT2D eigenvalue weighted by molar-refractivity contribution is -0.121. The van der Waals surface area contributed by atoms with Gasteiger partial charge in [-0.2, -0.15) is 4.98 Å². The van der Waals surface area contributed by atoms with Crippen molar-refractivity contribution in [2.24, 2.45) is 0 Å². The van der Waals surface area contributed by atoms with E-state index in [1.165, 1.54) is 24.3 Å². The fraction of sp³-hybridized carbons (Fsp3) is 0.154. The molecule has 1 heterocycles. The molecule has 0 aliphatic heterocycles. The molecule has 0 fully saturated rings. The molecular weight excluding hydrogens is 451 g/mol. The van der Waals surface area contributed by atoms with Gasteiger partial charge in [-0.15, -0.1) is 0 Å². The second kappa shape index (κ2) is 11.1. The molecule has 0 atom stereocenters. The normalized spacial score (nSPS) is 10.6. The fourth-order valence-electron chi connectivity index (χ4n) is 3.29. The number of nitrogens with zero attached hydrogens (tertiary/aromatic N) is 2. The molecule has 35 heavy (non-hydrogen) atoms. The summed E-state index contributed by atoms with van der Waals surface area (Å²) in [4.78, 5) is 28.9. The Morgan fingerprint density at radius 1 is 1.03 bits per heavy atom. The third-order valence-corrected chi connectivity index (χ3v) is 5.16. The zero-order valence-electron chi connectivity index (χ0n) is 19.0. The van der Waals surface area contributed by atoms with E-state index >= 15 is 0 Å². The van der Waals surface area contributed by atoms with Crippen LogP contribution in [-0.2, 0) is 17.8 Å². The van der Waals surface area contributed by atoms with E-state index in [1.54, 1.807) is 25.3 Å². The zero-order chi connectivity index (χ0) is 24.6. The molecule has 0 aliphatic rings. The summed E-state index contributed by atoms with van der Waals surface area (Å²) in [7, 11) is 1.59. The van der Waals surface area contributed by atoms with Crippen LogP contribution in [0.4, 0.5) is 10.1 Å². The van der Waals surface area contributed by atoms with Gasteiger partial charge in [-0.3, -0.25) is 9.59 Å². The summed E-state index contributed by atoms with van der Waals surface area (Å²) in [5.74, 6) is 0.625. The van der Waals surface area contributed by atoms with Crippen molar-refractivity contribution in [3.8, 4) is 17.1 Å². The molecule has 0 saturated carbocycles. The Labute approximate surface area is 201 Å². The molecule has 2 amide bonds. The van der Waals surface area contributed by atoms with Gasteiger partial charge in [0.25, 0.3) is 5.91 Å². The van der Waals surface area contributed by atoms with Crippen molar-refractivity contribution < 1.29 is 23.2 Å². The van der Waals surface area contributed by atoms with Gasteiger partial charge in [0.2, 0.25) is 17.6 Å². The molecule has 9 heteroatoms. The molecule has 0 bridgehead atoms. The number of aryl methyl sites for hydroxylation is 1. The standard InChI is InChI=1S/C26H23FN4O4/c1-34-22-11-7-18(8-12-22)25-30-24(35-31-25)14-13-23(32)28-16-17-3-2-4-21(15-17)29-26(33)19-5-9-20(27)10-6-19/h2-12,15H,13-14,16H2,1H3,(H,28,32)(H,29,33). The molecule has 1 aromatic heterocycles. The Morgan fingerprint density at radius 2 is 1.80 bits per heavy atom. The summed E-state index contributed by atoms with van der Waals surface area (Å²) in [5, 5.41) is 9.57. The van der Waals surface area contributed by atoms with Crippen LogP contribution in [0.3, 0.4) is 0 Å². The molecule has 0 aliphatic carbocycles. The van der Waals surface area contributed by atoms with E-state index in [9.17, 15) is 14.0 Å². The van der Waals surface area contributed by atoms with Crippen LogP contribution in [0.2, 0.25) is 0 Å². The molecule has 4 rings (SSSR count). The van der Waals surface area contributed by atoms with E-state index in [-0.39, 0.29) is 18.2 Å². The van der Waals surface area contributed by atoms with E-state index in [1.807, 2.05) is 30.3 Å². The highest BCUT2D eigenvalue weighted by molar-refractivity contribution is 6.04. The average molecular weight is 474 g/mol. The number of benzene rings is 3. The number of methoxy groups -OCH3 is 1. The molecule has 0 saturated heterocycles. The van der Waals surface area contributed by atoms with Crippen LogP contribution in [0, 0.1) is 5.82 Å². The lowest BCUT2D eigenvalue weighted by Gasteiger charge is -2.09. The summed E-state index contributed by atoms with van der Waals surface area (Å²) < 4.78 is 23.4. The van der Waals surface area contributed by atoms with E-state index in [4.69, 9.17) is 9.26 Å². The van der Waals surface area contributed by atoms with Crippen molar-refractivity contribution >= 4 is 17.5 Å². The SMILES string of the molecule is COc1ccc(-c2noc(CCC(=O)NCc3cccc(NC(=O)c4ccc(F)cc4)c3)n2)cc1. The molecule has 0 spiro atoms. The van der Waals surface area contributed by atoms with Gasteiger partial charge in [0.1, 0.15) is 11.6 Å². The van der Waals surface area contributed by atoms with Gasteiger partial charge >= 0.3 is 0 Å². The first-order chi connectivity index (χ1) is 17.0. The number of anilines is 1. The highest BCUT2D eigenvalue weighted by atomic mass is 19.1. The predicted molar refractivity (Wildman–Crippen MR) is 127 cm³/mol. The molecule has 0 radical (unpaired) electrons. The first-order valence-corrected chi connectivity index (χ1v) is 10.9. The number of rotatable bonds is 9. The summed E-state index contributed by atoms with van der Waals surface area (Å²) in [6.45, 7) is 0.292. The monoisotopic (exact) mass is 474 g/mol. The van der Waals surface area contributed by atoms with Crippen molar-refractivity contribution in [3.63, 3.8) is 0 Å². The van der Waals surface area contributed by atoms with Crippen LogP contribution in [-0.4, -0.2) is 29.1 Å². The van der Waals surface area contributed by atoms with Crippen LogP contribution in [0.25, 0.3) is 11.4 Å². The Morgan fingerprint density at radius 3 is 2.54 bits per heavy atom. The van der Waals surface area contributed by atoms with E-state index in [0.29, 0.717) is 35.9 Å². The third kappa shape index (κ3) is 6.50. The number of halogens is 1. The smallest absolute Gasteiger partial charge is 0.255 e. The molecule has 4 aromatic rings. The van der Waals surface area contributed by atoms with Gasteiger partial charge in [-0.25, -0.2) is 4.39 Å². The first-order valence-electron chi connectivity index (χ1n) is 10.9. The Bertz CT molecular complexity index is 1300. The number of aromatic nitrogens is 2. The summed E-state index contributed by atoms with van der Waals surface area (Å²) >= 11 is 0. The number of hydrogen-bond acceptors (Lipinski definition) is 6. The topological polar surface area (TPSA) is 106 Å². The summed E-state index contributed by atoms with van der Waals surface area (Å²) in [6.07, 6.45) is 0.494. The second-order valence-electron chi connectivity index (χ2n) is 7.68. The molecular formula is C26H23FN4O4. The van der Waals surface area contributed by atoms with Gasteiger partial charge in [0.05, 0.1) is 7.11 Å². The number of hydrogen-bond donors (Lipinski definition) is 2. The second-order valence-corrected chi connectivity index (χ2v) is 7.68. The summed E-state index contributed by atoms with van der Waals surface area (Å²) in [5.41, 5.74) is 2.52. The van der Waals surface area contributed by atoms with Crippen molar-refractivity contribution in [2.75, 3.05) is 12.4 Å². The number of carbonyl (C=O) groups excluding carboxylic acids is 2. The maximum atomic E-state index is 13.0. The van der Waals surface area contributed by atoms with Gasteiger partial charge in [0.15, 0.2) is 0 Å². The highest BCUT2D eigenvalue weighted by Gasteiger charge is 2.11. The van der Waals surface area contributed by atoms with Crippen LogP contribution in [0.5, 0.6) is 5.75 Å². The minimum absolute atomic E-state index is 0.171. The lowest BCUT2D eigenvalue weighted by atomic mass is 10.1. The van der Waals surface area contributed by atoms with E-state index in [2.05, 4.69) is 20.8 Å². The van der Waals surface area contributed by atoms with Crippen LogP contribution >= 0.6 is 0 Å². The van der Waals surface area contributed by atoms with Crippen molar-refractivity contribution in [1.29, 1.82) is 0 Å². The minimum Gasteiger partial charge on any atom is -0.497 e.